The maximum Gasteiger partial charge on any atom is 0.133 e. The maximum absolute atomic E-state index is 11.9. The highest BCUT2D eigenvalue weighted by atomic mass is 16.1. The lowest BCUT2D eigenvalue weighted by molar-refractivity contribution is -0.139. The largest absolute Gasteiger partial charge is 0.330 e. The molecule has 3 aromatic heterocycles. The minimum Gasteiger partial charge on any atom is -0.330 e. The lowest BCUT2D eigenvalue weighted by atomic mass is 9.44. The summed E-state index contributed by atoms with van der Waals surface area (Å²) in [6, 6.07) is 20.2. The van der Waals surface area contributed by atoms with Crippen LogP contribution in [0.25, 0.3) is 0 Å². The third kappa shape index (κ3) is 17.8. The number of aryl methyl sites for hydroxylation is 3. The van der Waals surface area contributed by atoms with Crippen molar-refractivity contribution < 1.29 is 4.79 Å². The van der Waals surface area contributed by atoms with Crippen LogP contribution >= 0.6 is 0 Å². The van der Waals surface area contributed by atoms with Gasteiger partial charge in [-0.2, -0.15) is 0 Å². The monoisotopic (exact) mass is 1380 g/mol. The van der Waals surface area contributed by atoms with Crippen molar-refractivity contribution in [2.75, 3.05) is 19.6 Å². The maximum atomic E-state index is 11.9. The topological polar surface area (TPSA) is 106 Å². The van der Waals surface area contributed by atoms with Crippen molar-refractivity contribution in [3.8, 4) is 0 Å². The number of hydrogen-bond donors (Lipinski definition) is 3. The smallest absolute Gasteiger partial charge is 0.133 e. The van der Waals surface area contributed by atoms with Gasteiger partial charge in [-0.25, -0.2) is 0 Å². The van der Waals surface area contributed by atoms with Gasteiger partial charge >= 0.3 is 0 Å². The van der Waals surface area contributed by atoms with Gasteiger partial charge in [-0.15, -0.1) is 0 Å². The summed E-state index contributed by atoms with van der Waals surface area (Å²) >= 11 is 0. The van der Waals surface area contributed by atoms with Crippen molar-refractivity contribution in [2.24, 2.45) is 127 Å². The molecule has 0 aromatic carbocycles. The summed E-state index contributed by atoms with van der Waals surface area (Å²) in [4.78, 5) is 25.1. The van der Waals surface area contributed by atoms with E-state index in [1.54, 1.807) is 12.8 Å². The first-order valence-electron chi connectivity index (χ1n) is 43.8. The van der Waals surface area contributed by atoms with E-state index < -0.39 is 0 Å². The molecule has 12 saturated carbocycles. The van der Waals surface area contributed by atoms with Gasteiger partial charge in [-0.05, 0) is 396 Å². The first-order chi connectivity index (χ1) is 48.4. The summed E-state index contributed by atoms with van der Waals surface area (Å²) in [5.41, 5.74) is 12.9. The molecule has 7 nitrogen and oxygen atoms in total. The third-order valence-electron chi connectivity index (χ3n) is 34.4. The number of Topliss-reactive ketones (excluding diaryl/α,β-unsaturated/α-hetero) is 1. The van der Waals surface area contributed by atoms with Crippen molar-refractivity contribution in [3.05, 3.63) is 90.3 Å². The third-order valence-corrected chi connectivity index (χ3v) is 34.4. The molecule has 101 heavy (non-hydrogen) atoms. The molecule has 12 aliphatic rings. The van der Waals surface area contributed by atoms with Crippen molar-refractivity contribution in [1.29, 1.82) is 0 Å². The van der Waals surface area contributed by atoms with E-state index in [-0.39, 0.29) is 7.43 Å². The number of unbranched alkanes of at least 4 members (excludes halogenated alkanes) is 9. The van der Waals surface area contributed by atoms with E-state index in [9.17, 15) is 4.79 Å². The predicted octanol–water partition coefficient (Wildman–Crippen LogP) is 23.7. The first kappa shape index (κ1) is 79.1. The van der Waals surface area contributed by atoms with Gasteiger partial charge in [0.15, 0.2) is 0 Å². The molecule has 23 atom stereocenters. The summed E-state index contributed by atoms with van der Waals surface area (Å²) < 4.78 is 0. The molecule has 0 saturated heterocycles. The highest BCUT2D eigenvalue weighted by molar-refractivity contribution is 5.79. The number of ketones is 1. The van der Waals surface area contributed by atoms with E-state index in [1.807, 2.05) is 42.9 Å². The first-order valence-corrected chi connectivity index (χ1v) is 43.8. The Hall–Kier alpha value is -3.00. The zero-order chi connectivity index (χ0) is 70.0. The van der Waals surface area contributed by atoms with Crippen LogP contribution in [0, 0.1) is 121 Å². The van der Waals surface area contributed by atoms with Gasteiger partial charge in [-0.1, -0.05) is 126 Å². The second-order valence-electron chi connectivity index (χ2n) is 38.9. The Morgan fingerprint density at radius 2 is 0.713 bits per heavy atom. The molecule has 7 heteroatoms. The number of carbonyl (C=O) groups excluding carboxylic acids is 1. The van der Waals surface area contributed by atoms with E-state index in [0.29, 0.717) is 44.2 Å². The second kappa shape index (κ2) is 35.8. The number of nitrogens with one attached hydrogen (secondary N) is 2. The highest BCUT2D eigenvalue weighted by Gasteiger charge is 2.63. The van der Waals surface area contributed by atoms with Crippen LogP contribution in [0.1, 0.15) is 337 Å². The fraction of sp³-hybridized carbons (Fsp3) is 0.830. The second-order valence-corrected chi connectivity index (χ2v) is 38.9. The lowest BCUT2D eigenvalue weighted by Gasteiger charge is -2.61. The molecule has 3 aromatic rings. The quantitative estimate of drug-likeness (QED) is 0.0861. The van der Waals surface area contributed by atoms with Crippen LogP contribution in [0.4, 0.5) is 0 Å². The molecule has 12 fully saturated rings. The molecule has 0 amide bonds. The van der Waals surface area contributed by atoms with Gasteiger partial charge in [-0.3, -0.25) is 19.7 Å². The standard InChI is InChI=1S/2C31H50N2.C20H32O.C11H18N2.CH4/c2*1-23-12-15-28-27-14-13-24-22-26(16-18-31(24,3)29(27)17-19-30(23,28)2)33-20-8-5-4-6-10-25-11-7-9-21-32-25;1-13-4-7-17-16-6-5-14-12-15(21)8-10-20(14,3)18(16)9-11-19(13,17)2;12-9-5-2-1-3-7-11-8-4-6-10-13-11;/h2*7,9,11,21,23-24,26-29,33H,4-6,8,10,12-20,22H2,1-3H3;13-14,16-18H,4-12H2,1-3H3;4,6,8,10H,1-3,5,7,9,12H2;1H4/t23-,24?,26+,27-,28-,29-,30+,31-;23-,24?,26-,27-,28-,29-,30+,31-;13-,14?,16-,17-,18-,19+,20-;;/m000../s1. The van der Waals surface area contributed by atoms with Gasteiger partial charge < -0.3 is 16.4 Å². The van der Waals surface area contributed by atoms with E-state index >= 15 is 0 Å². The fourth-order valence-corrected chi connectivity index (χ4v) is 27.3. The molecule has 3 heterocycles. The highest BCUT2D eigenvalue weighted by Crippen LogP contribution is 2.71. The Balaban J connectivity index is 0.000000142. The molecule has 0 radical (unpaired) electrons. The number of nitrogens with zero attached hydrogens (tertiary/aromatic N) is 3. The Labute approximate surface area is 621 Å². The SMILES string of the molecule is C.C[C@H]1CC[C@H]2[C@@H]3CCC4CC(=O)CC[C@]4(C)[C@H]3CC[C@]12C.C[C@H]1CC[C@H]2[C@@H]3CCC4C[C@@H](NCCCCCCc5ccccn5)CC[C@]4(C)[C@H]3CC[C@]12C.C[C@H]1CC[C@H]2[C@@H]3CCC4C[C@H](NCCCCCCc5ccccn5)CC[C@]4(C)[C@H]3CC[C@]12C.NCCCCCCc1ccccn1. The van der Waals surface area contributed by atoms with Gasteiger partial charge in [0.2, 0.25) is 0 Å². The molecule has 3 unspecified atom stereocenters. The van der Waals surface area contributed by atoms with Crippen LogP contribution in [0.15, 0.2) is 73.2 Å². The van der Waals surface area contributed by atoms with Crippen molar-refractivity contribution in [1.82, 2.24) is 25.6 Å². The molecular weight excluding hydrogens is 1230 g/mol. The molecule has 15 rings (SSSR count). The number of fused-ring (bicyclic) bond motifs is 15. The number of carbonyl (C=O) groups is 1. The number of nitrogens with two attached hydrogens (primary N) is 1. The molecule has 12 aliphatic carbocycles. The van der Waals surface area contributed by atoms with Crippen molar-refractivity contribution in [3.63, 3.8) is 0 Å². The molecule has 0 spiro atoms. The Kier molecular flexibility index (Phi) is 28.0. The number of rotatable bonds is 22. The van der Waals surface area contributed by atoms with Gasteiger partial charge in [0.25, 0.3) is 0 Å². The Morgan fingerprint density at radius 1 is 0.376 bits per heavy atom. The van der Waals surface area contributed by atoms with E-state index in [2.05, 4.69) is 118 Å². The summed E-state index contributed by atoms with van der Waals surface area (Å²) in [6.45, 7) is 26.8. The van der Waals surface area contributed by atoms with Gasteiger partial charge in [0, 0.05) is 60.6 Å². The Bertz CT molecular complexity index is 2810. The van der Waals surface area contributed by atoms with E-state index in [4.69, 9.17) is 5.73 Å². The summed E-state index contributed by atoms with van der Waals surface area (Å²) in [6.07, 6.45) is 63.2. The zero-order valence-electron chi connectivity index (χ0n) is 65.9. The van der Waals surface area contributed by atoms with Gasteiger partial charge in [0.1, 0.15) is 5.78 Å². The molecule has 0 bridgehead atoms. The van der Waals surface area contributed by atoms with Crippen LogP contribution in [0.5, 0.6) is 0 Å². The minimum absolute atomic E-state index is 0. The van der Waals surface area contributed by atoms with Crippen LogP contribution < -0.4 is 16.4 Å². The van der Waals surface area contributed by atoms with Crippen LogP contribution in [-0.4, -0.2) is 52.5 Å². The van der Waals surface area contributed by atoms with Crippen molar-refractivity contribution in [2.45, 2.75) is 351 Å². The number of aromatic nitrogens is 3. The minimum atomic E-state index is 0. The molecule has 4 N–H and O–H groups in total. The van der Waals surface area contributed by atoms with E-state index in [0.717, 1.165) is 140 Å². The number of pyridine rings is 3. The summed E-state index contributed by atoms with van der Waals surface area (Å²) in [5.74, 6) is 15.2. The molecule has 0 aliphatic heterocycles. The van der Waals surface area contributed by atoms with Crippen LogP contribution in [0.3, 0.4) is 0 Å². The predicted molar refractivity (Wildman–Crippen MR) is 426 cm³/mol. The normalized spacial score (nSPS) is 40.8. The summed E-state index contributed by atoms with van der Waals surface area (Å²) in [7, 11) is 0. The van der Waals surface area contributed by atoms with Crippen molar-refractivity contribution >= 4 is 5.78 Å². The fourth-order valence-electron chi connectivity index (χ4n) is 27.3. The molecular formula is C94H154N6O. The van der Waals surface area contributed by atoms with Gasteiger partial charge in [0.05, 0.1) is 0 Å². The summed E-state index contributed by atoms with van der Waals surface area (Å²) in [5, 5.41) is 7.98. The average Bonchev–Trinajstić information content (AvgIpc) is 1.73. The van der Waals surface area contributed by atoms with Crippen LogP contribution in [-0.2, 0) is 24.1 Å². The zero-order valence-corrected chi connectivity index (χ0v) is 65.9. The number of hydrogen-bond acceptors (Lipinski definition) is 7. The van der Waals surface area contributed by atoms with Crippen LogP contribution in [0.2, 0.25) is 0 Å². The lowest BCUT2D eigenvalue weighted by Crippen LogP contribution is -2.55. The Morgan fingerprint density at radius 3 is 1.08 bits per heavy atom. The van der Waals surface area contributed by atoms with E-state index in [1.165, 1.54) is 248 Å². The molecule has 566 valence electrons. The average molecular weight is 1380 g/mol.